The van der Waals surface area contributed by atoms with Gasteiger partial charge in [0, 0.05) is 10.3 Å². The fraction of sp³-hybridized carbons (Fsp3) is 0.500. The van der Waals surface area contributed by atoms with Crippen molar-refractivity contribution in [3.05, 3.63) is 21.9 Å². The lowest BCUT2D eigenvalue weighted by Crippen LogP contribution is -2.33. The number of rotatable bonds is 5. The molecule has 1 amide bonds. The highest BCUT2D eigenvalue weighted by Crippen LogP contribution is 2.40. The van der Waals surface area contributed by atoms with E-state index in [9.17, 15) is 19.6 Å². The van der Waals surface area contributed by atoms with Crippen molar-refractivity contribution in [3.63, 3.8) is 0 Å². The van der Waals surface area contributed by atoms with Gasteiger partial charge in [0.2, 0.25) is 5.91 Å². The lowest BCUT2D eigenvalue weighted by molar-refractivity contribution is -0.0214. The van der Waals surface area contributed by atoms with Gasteiger partial charge in [-0.25, -0.2) is 4.57 Å². The van der Waals surface area contributed by atoms with Crippen LogP contribution in [0, 0.1) is 0 Å². The molecule has 1 aromatic rings. The summed E-state index contributed by atoms with van der Waals surface area (Å²) in [6.45, 7) is -0.576. The molecule has 1 aliphatic heterocycles. The predicted molar refractivity (Wildman–Crippen MR) is 70.5 cm³/mol. The van der Waals surface area contributed by atoms with Crippen molar-refractivity contribution in [2.24, 2.45) is 5.73 Å². The smallest absolute Gasteiger partial charge is 0.387 e. The fourth-order valence-electron chi connectivity index (χ4n) is 1.92. The van der Waals surface area contributed by atoms with Gasteiger partial charge in [-0.3, -0.25) is 9.32 Å². The van der Waals surface area contributed by atoms with Crippen LogP contribution in [0.3, 0.4) is 0 Å². The Labute approximate surface area is 123 Å². The Balaban J connectivity index is 2.08. The van der Waals surface area contributed by atoms with E-state index in [0.717, 1.165) is 11.3 Å². The number of amides is 1. The lowest BCUT2D eigenvalue weighted by Gasteiger charge is -2.14. The van der Waals surface area contributed by atoms with Crippen LogP contribution in [0.2, 0.25) is 0 Å². The Hall–Kier alpha value is -0.840. The highest BCUT2D eigenvalue weighted by molar-refractivity contribution is 7.46. The monoisotopic (exact) mass is 339 g/mol. The van der Waals surface area contributed by atoms with E-state index < -0.39 is 44.8 Å². The first-order chi connectivity index (χ1) is 9.69. The minimum atomic E-state index is -4.70. The molecule has 11 heteroatoms. The molecule has 2 heterocycles. The molecular weight excluding hydrogens is 325 g/mol. The third kappa shape index (κ3) is 3.87. The van der Waals surface area contributed by atoms with Crippen molar-refractivity contribution in [2.75, 3.05) is 6.61 Å². The molecule has 4 atom stereocenters. The van der Waals surface area contributed by atoms with Crippen LogP contribution in [0.5, 0.6) is 0 Å². The predicted octanol–water partition coefficient (Wildman–Crippen LogP) is -0.882. The average Bonchev–Trinajstić information content (AvgIpc) is 2.94. The molecule has 118 valence electrons. The van der Waals surface area contributed by atoms with Crippen LogP contribution in [0.15, 0.2) is 11.4 Å². The molecule has 0 bridgehead atoms. The number of primary amides is 1. The molecule has 21 heavy (non-hydrogen) atoms. The van der Waals surface area contributed by atoms with Gasteiger partial charge in [-0.2, -0.15) is 0 Å². The van der Waals surface area contributed by atoms with Gasteiger partial charge in [-0.05, 0) is 6.07 Å². The summed E-state index contributed by atoms with van der Waals surface area (Å²) in [6, 6.07) is 1.43. The van der Waals surface area contributed by atoms with Crippen molar-refractivity contribution < 1.29 is 38.6 Å². The van der Waals surface area contributed by atoms with Gasteiger partial charge < -0.3 is 30.5 Å². The molecule has 0 spiro atoms. The van der Waals surface area contributed by atoms with Gasteiger partial charge in [0.05, 0.1) is 12.2 Å². The van der Waals surface area contributed by atoms with E-state index >= 15 is 0 Å². The van der Waals surface area contributed by atoms with Crippen LogP contribution in [0.25, 0.3) is 0 Å². The normalized spacial score (nSPS) is 29.7. The molecule has 0 radical (unpaired) electrons. The summed E-state index contributed by atoms with van der Waals surface area (Å²) >= 11 is 1.12. The van der Waals surface area contributed by atoms with E-state index in [0.29, 0.717) is 4.88 Å². The van der Waals surface area contributed by atoms with Crippen LogP contribution < -0.4 is 5.73 Å². The Morgan fingerprint density at radius 3 is 2.62 bits per heavy atom. The topological polar surface area (TPSA) is 160 Å². The van der Waals surface area contributed by atoms with E-state index in [1.807, 2.05) is 0 Å². The van der Waals surface area contributed by atoms with Gasteiger partial charge in [-0.1, -0.05) is 0 Å². The summed E-state index contributed by atoms with van der Waals surface area (Å²) in [7, 11) is -4.70. The standard InChI is InChI=1S/C10H14NO8PS/c11-10(14)4-1-6(21-3-4)9-8(13)7(12)5(19-9)2-18-20(15,16)17/h1,3,5,7-9,12-13H,2H2,(H2,11,14)(H2,15,16,17)/t5-,7-,8-,9+/m1/s1. The Kier molecular flexibility index (Phi) is 4.81. The van der Waals surface area contributed by atoms with E-state index in [-0.39, 0.29) is 5.56 Å². The Morgan fingerprint density at radius 1 is 1.43 bits per heavy atom. The van der Waals surface area contributed by atoms with Crippen molar-refractivity contribution >= 4 is 25.1 Å². The summed E-state index contributed by atoms with van der Waals surface area (Å²) in [4.78, 5) is 28.7. The van der Waals surface area contributed by atoms with E-state index in [4.69, 9.17) is 20.3 Å². The number of aliphatic hydroxyl groups is 2. The number of carbonyl (C=O) groups is 1. The number of phosphoric acid groups is 1. The van der Waals surface area contributed by atoms with Crippen LogP contribution in [-0.2, 0) is 13.8 Å². The number of hydrogen-bond acceptors (Lipinski definition) is 7. The van der Waals surface area contributed by atoms with Crippen LogP contribution >= 0.6 is 19.2 Å². The Morgan fingerprint density at radius 2 is 2.10 bits per heavy atom. The lowest BCUT2D eigenvalue weighted by atomic mass is 10.1. The molecule has 0 aromatic carbocycles. The molecular formula is C10H14NO8PS. The zero-order valence-corrected chi connectivity index (χ0v) is 12.2. The summed E-state index contributed by atoms with van der Waals surface area (Å²) in [5.41, 5.74) is 5.36. The second-order valence-electron chi connectivity index (χ2n) is 4.46. The number of ether oxygens (including phenoxy) is 1. The first-order valence-electron chi connectivity index (χ1n) is 5.79. The third-order valence-electron chi connectivity index (χ3n) is 2.95. The number of phosphoric ester groups is 1. The molecule has 1 aromatic heterocycles. The van der Waals surface area contributed by atoms with Gasteiger partial charge in [0.25, 0.3) is 0 Å². The van der Waals surface area contributed by atoms with Crippen LogP contribution in [0.4, 0.5) is 0 Å². The summed E-state index contributed by atoms with van der Waals surface area (Å²) in [5.74, 6) is -0.632. The number of hydrogen-bond donors (Lipinski definition) is 5. The second kappa shape index (κ2) is 6.11. The molecule has 2 rings (SSSR count). The van der Waals surface area contributed by atoms with E-state index in [1.54, 1.807) is 0 Å². The molecule has 9 nitrogen and oxygen atoms in total. The van der Waals surface area contributed by atoms with Gasteiger partial charge in [0.15, 0.2) is 0 Å². The van der Waals surface area contributed by atoms with E-state index in [2.05, 4.69) is 4.52 Å². The molecule has 1 fully saturated rings. The molecule has 0 saturated carbocycles. The SMILES string of the molecule is NC(=O)c1csc([C@@H]2O[C@H](COP(=O)(O)O)[C@@H](O)[C@H]2O)c1. The van der Waals surface area contributed by atoms with Gasteiger partial charge >= 0.3 is 7.82 Å². The molecule has 1 saturated heterocycles. The highest BCUT2D eigenvalue weighted by atomic mass is 32.1. The molecule has 0 aliphatic carbocycles. The van der Waals surface area contributed by atoms with Crippen molar-refractivity contribution in [1.29, 1.82) is 0 Å². The van der Waals surface area contributed by atoms with Crippen molar-refractivity contribution in [3.8, 4) is 0 Å². The first-order valence-corrected chi connectivity index (χ1v) is 8.20. The zero-order chi connectivity index (χ0) is 15.8. The number of nitrogens with two attached hydrogens (primary N) is 1. The first kappa shape index (κ1) is 16.5. The maximum atomic E-state index is 11.0. The van der Waals surface area contributed by atoms with Crippen molar-refractivity contribution in [2.45, 2.75) is 24.4 Å². The zero-order valence-electron chi connectivity index (χ0n) is 10.5. The maximum Gasteiger partial charge on any atom is 0.469 e. The molecule has 6 N–H and O–H groups in total. The third-order valence-corrected chi connectivity index (χ3v) is 4.43. The van der Waals surface area contributed by atoms with Crippen LogP contribution in [0.1, 0.15) is 21.3 Å². The second-order valence-corrected chi connectivity index (χ2v) is 6.65. The number of carbonyl (C=O) groups excluding carboxylic acids is 1. The highest BCUT2D eigenvalue weighted by Gasteiger charge is 2.44. The Bertz CT molecular complexity index is 571. The summed E-state index contributed by atoms with van der Waals surface area (Å²) in [5, 5.41) is 21.2. The fourth-order valence-corrected chi connectivity index (χ4v) is 3.24. The number of aliphatic hydroxyl groups excluding tert-OH is 2. The van der Waals surface area contributed by atoms with Gasteiger partial charge in [-0.15, -0.1) is 11.3 Å². The average molecular weight is 339 g/mol. The molecule has 0 unspecified atom stereocenters. The van der Waals surface area contributed by atoms with Crippen LogP contribution in [-0.4, -0.2) is 50.8 Å². The largest absolute Gasteiger partial charge is 0.469 e. The van der Waals surface area contributed by atoms with Gasteiger partial charge in [0.1, 0.15) is 24.4 Å². The minimum absolute atomic E-state index is 0.246. The number of thiophene rings is 1. The quantitative estimate of drug-likeness (QED) is 0.432. The maximum absolute atomic E-state index is 11.0. The van der Waals surface area contributed by atoms with Crippen molar-refractivity contribution in [1.82, 2.24) is 0 Å². The summed E-state index contributed by atoms with van der Waals surface area (Å²) < 4.78 is 20.2. The minimum Gasteiger partial charge on any atom is -0.387 e. The van der Waals surface area contributed by atoms with E-state index in [1.165, 1.54) is 11.4 Å². The summed E-state index contributed by atoms with van der Waals surface area (Å²) in [6.07, 6.45) is -4.71. The molecule has 1 aliphatic rings.